The van der Waals surface area contributed by atoms with E-state index in [-0.39, 0.29) is 17.7 Å². The van der Waals surface area contributed by atoms with E-state index in [9.17, 15) is 9.59 Å². The molecule has 1 saturated heterocycles. The summed E-state index contributed by atoms with van der Waals surface area (Å²) in [6.07, 6.45) is 1.26. The SMILES string of the molecule is CC(C)CCN1CC(C(=O)Nc2nnc(C(C)C)s2)CC1=O. The predicted molar refractivity (Wildman–Crippen MR) is 86.8 cm³/mol. The van der Waals surface area contributed by atoms with Gasteiger partial charge in [0.2, 0.25) is 16.9 Å². The lowest BCUT2D eigenvalue weighted by Gasteiger charge is -2.17. The topological polar surface area (TPSA) is 75.2 Å². The highest BCUT2D eigenvalue weighted by atomic mass is 32.1. The van der Waals surface area contributed by atoms with E-state index >= 15 is 0 Å². The first kappa shape index (κ1) is 16.9. The van der Waals surface area contributed by atoms with Crippen LogP contribution in [0.3, 0.4) is 0 Å². The molecule has 0 saturated carbocycles. The van der Waals surface area contributed by atoms with Crippen LogP contribution in [0.4, 0.5) is 5.13 Å². The highest BCUT2D eigenvalue weighted by Crippen LogP contribution is 2.25. The second kappa shape index (κ2) is 7.17. The average molecular weight is 324 g/mol. The number of likely N-dealkylation sites (tertiary alicyclic amines) is 1. The number of amides is 2. The van der Waals surface area contributed by atoms with E-state index in [1.807, 2.05) is 13.8 Å². The minimum atomic E-state index is -0.286. The van der Waals surface area contributed by atoms with Gasteiger partial charge in [-0.05, 0) is 12.3 Å². The van der Waals surface area contributed by atoms with Crippen molar-refractivity contribution in [1.82, 2.24) is 15.1 Å². The Morgan fingerprint density at radius 3 is 2.68 bits per heavy atom. The third-order valence-corrected chi connectivity index (χ3v) is 4.87. The first-order chi connectivity index (χ1) is 10.4. The molecule has 122 valence electrons. The standard InChI is InChI=1S/C15H24N4O2S/c1-9(2)5-6-19-8-11(7-12(19)20)13(21)16-15-18-17-14(22-15)10(3)4/h9-11H,5-8H2,1-4H3,(H,16,18,21). The molecule has 1 unspecified atom stereocenters. The van der Waals surface area contributed by atoms with E-state index < -0.39 is 0 Å². The van der Waals surface area contributed by atoms with E-state index in [0.29, 0.717) is 29.9 Å². The van der Waals surface area contributed by atoms with Gasteiger partial charge in [0.1, 0.15) is 5.01 Å². The molecule has 1 aromatic heterocycles. The van der Waals surface area contributed by atoms with Gasteiger partial charge in [-0.3, -0.25) is 9.59 Å². The number of hydrogen-bond donors (Lipinski definition) is 1. The molecule has 1 aliphatic rings. The number of anilines is 1. The maximum absolute atomic E-state index is 12.3. The zero-order valence-corrected chi connectivity index (χ0v) is 14.4. The first-order valence-electron chi connectivity index (χ1n) is 7.78. The van der Waals surface area contributed by atoms with Gasteiger partial charge in [0.15, 0.2) is 0 Å². The summed E-state index contributed by atoms with van der Waals surface area (Å²) in [6, 6.07) is 0. The smallest absolute Gasteiger partial charge is 0.231 e. The number of aromatic nitrogens is 2. The second-order valence-electron chi connectivity index (χ2n) is 6.51. The monoisotopic (exact) mass is 324 g/mol. The van der Waals surface area contributed by atoms with Gasteiger partial charge in [0, 0.05) is 25.4 Å². The van der Waals surface area contributed by atoms with Crippen molar-refractivity contribution >= 4 is 28.3 Å². The Kier molecular flexibility index (Phi) is 5.50. The van der Waals surface area contributed by atoms with Crippen LogP contribution in [0.5, 0.6) is 0 Å². The van der Waals surface area contributed by atoms with Crippen LogP contribution in [0.15, 0.2) is 0 Å². The normalized spacial score (nSPS) is 18.5. The van der Waals surface area contributed by atoms with Gasteiger partial charge in [0.05, 0.1) is 5.92 Å². The maximum Gasteiger partial charge on any atom is 0.231 e. The molecule has 2 rings (SSSR count). The summed E-state index contributed by atoms with van der Waals surface area (Å²) in [5, 5.41) is 12.2. The van der Waals surface area contributed by atoms with Crippen LogP contribution in [0.1, 0.15) is 51.5 Å². The van der Waals surface area contributed by atoms with Gasteiger partial charge in [-0.1, -0.05) is 39.0 Å². The Labute approximate surface area is 135 Å². The highest BCUT2D eigenvalue weighted by molar-refractivity contribution is 7.15. The molecule has 1 atom stereocenters. The number of nitrogens with one attached hydrogen (secondary N) is 1. The molecule has 0 spiro atoms. The van der Waals surface area contributed by atoms with E-state index in [2.05, 4.69) is 29.4 Å². The number of carbonyl (C=O) groups is 2. The van der Waals surface area contributed by atoms with Crippen LogP contribution in [0.25, 0.3) is 0 Å². The molecular formula is C15H24N4O2S. The molecule has 6 nitrogen and oxygen atoms in total. The van der Waals surface area contributed by atoms with E-state index in [1.54, 1.807) is 4.90 Å². The lowest BCUT2D eigenvalue weighted by atomic mass is 10.1. The van der Waals surface area contributed by atoms with Crippen molar-refractivity contribution < 1.29 is 9.59 Å². The fourth-order valence-electron chi connectivity index (χ4n) is 2.30. The van der Waals surface area contributed by atoms with Crippen LogP contribution < -0.4 is 5.32 Å². The Balaban J connectivity index is 1.89. The molecule has 0 radical (unpaired) electrons. The number of rotatable bonds is 6. The molecule has 0 aliphatic carbocycles. The van der Waals surface area contributed by atoms with Crippen LogP contribution in [-0.2, 0) is 9.59 Å². The summed E-state index contributed by atoms with van der Waals surface area (Å²) in [6.45, 7) is 9.57. The Bertz CT molecular complexity index is 541. The van der Waals surface area contributed by atoms with Crippen LogP contribution in [-0.4, -0.2) is 40.0 Å². The summed E-state index contributed by atoms with van der Waals surface area (Å²) in [4.78, 5) is 26.0. The zero-order chi connectivity index (χ0) is 16.3. The molecule has 2 amide bonds. The summed E-state index contributed by atoms with van der Waals surface area (Å²) in [7, 11) is 0. The Hall–Kier alpha value is -1.50. The molecule has 1 fully saturated rings. The van der Waals surface area contributed by atoms with Crippen LogP contribution in [0.2, 0.25) is 0 Å². The van der Waals surface area contributed by atoms with Gasteiger partial charge in [0.25, 0.3) is 0 Å². The Morgan fingerprint density at radius 2 is 2.09 bits per heavy atom. The fourth-order valence-corrected chi connectivity index (χ4v) is 3.05. The largest absolute Gasteiger partial charge is 0.342 e. The second-order valence-corrected chi connectivity index (χ2v) is 7.52. The van der Waals surface area contributed by atoms with Gasteiger partial charge < -0.3 is 10.2 Å². The molecule has 2 heterocycles. The molecule has 1 aliphatic heterocycles. The highest BCUT2D eigenvalue weighted by Gasteiger charge is 2.34. The molecular weight excluding hydrogens is 300 g/mol. The zero-order valence-electron chi connectivity index (χ0n) is 13.6. The quantitative estimate of drug-likeness (QED) is 0.872. The van der Waals surface area contributed by atoms with Crippen molar-refractivity contribution in [3.8, 4) is 0 Å². The fraction of sp³-hybridized carbons (Fsp3) is 0.733. The van der Waals surface area contributed by atoms with Crippen LogP contribution >= 0.6 is 11.3 Å². The van der Waals surface area contributed by atoms with Crippen molar-refractivity contribution in [2.24, 2.45) is 11.8 Å². The Morgan fingerprint density at radius 1 is 1.36 bits per heavy atom. The number of hydrogen-bond acceptors (Lipinski definition) is 5. The van der Waals surface area contributed by atoms with Crippen LogP contribution in [0, 0.1) is 11.8 Å². The van der Waals surface area contributed by atoms with Crippen molar-refractivity contribution in [2.45, 2.75) is 46.5 Å². The lowest BCUT2D eigenvalue weighted by molar-refractivity contribution is -0.128. The summed E-state index contributed by atoms with van der Waals surface area (Å²) in [5.41, 5.74) is 0. The van der Waals surface area contributed by atoms with E-state index in [1.165, 1.54) is 11.3 Å². The molecule has 22 heavy (non-hydrogen) atoms. The van der Waals surface area contributed by atoms with Crippen molar-refractivity contribution in [1.29, 1.82) is 0 Å². The third-order valence-electron chi connectivity index (χ3n) is 3.73. The summed E-state index contributed by atoms with van der Waals surface area (Å²) < 4.78 is 0. The molecule has 1 N–H and O–H groups in total. The summed E-state index contributed by atoms with van der Waals surface area (Å²) >= 11 is 1.39. The van der Waals surface area contributed by atoms with E-state index in [0.717, 1.165) is 18.0 Å². The summed E-state index contributed by atoms with van der Waals surface area (Å²) in [5.74, 6) is 0.498. The first-order valence-corrected chi connectivity index (χ1v) is 8.60. The molecule has 7 heteroatoms. The molecule has 0 aromatic carbocycles. The lowest BCUT2D eigenvalue weighted by Crippen LogP contribution is -2.29. The van der Waals surface area contributed by atoms with Gasteiger partial charge in [-0.2, -0.15) is 0 Å². The van der Waals surface area contributed by atoms with Gasteiger partial charge >= 0.3 is 0 Å². The maximum atomic E-state index is 12.3. The minimum absolute atomic E-state index is 0.0703. The number of nitrogens with zero attached hydrogens (tertiary/aromatic N) is 3. The van der Waals surface area contributed by atoms with Gasteiger partial charge in [-0.15, -0.1) is 10.2 Å². The minimum Gasteiger partial charge on any atom is -0.342 e. The average Bonchev–Trinajstić information content (AvgIpc) is 3.03. The number of carbonyl (C=O) groups excluding carboxylic acids is 2. The van der Waals surface area contributed by atoms with Crippen molar-refractivity contribution in [3.63, 3.8) is 0 Å². The predicted octanol–water partition coefficient (Wildman–Crippen LogP) is 2.49. The van der Waals surface area contributed by atoms with Crippen molar-refractivity contribution in [3.05, 3.63) is 5.01 Å². The van der Waals surface area contributed by atoms with Gasteiger partial charge in [-0.25, -0.2) is 0 Å². The molecule has 1 aromatic rings. The third kappa shape index (κ3) is 4.25. The van der Waals surface area contributed by atoms with Crippen molar-refractivity contribution in [2.75, 3.05) is 18.4 Å². The van der Waals surface area contributed by atoms with E-state index in [4.69, 9.17) is 0 Å². The molecule has 0 bridgehead atoms.